The van der Waals surface area contributed by atoms with Crippen LogP contribution in [-0.4, -0.2) is 53.6 Å². The Morgan fingerprint density at radius 2 is 2.04 bits per heavy atom. The predicted octanol–water partition coefficient (Wildman–Crippen LogP) is 2.39. The Balaban J connectivity index is 1.47. The molecule has 0 spiro atoms. The molecular formula is C19H25ClN2O2. The van der Waals surface area contributed by atoms with E-state index in [0.29, 0.717) is 18.4 Å². The molecule has 1 saturated carbocycles. The van der Waals surface area contributed by atoms with Crippen molar-refractivity contribution < 1.29 is 9.90 Å². The fourth-order valence-corrected chi connectivity index (χ4v) is 4.66. The molecule has 0 aromatic heterocycles. The number of carbonyl (C=O) groups is 1. The van der Waals surface area contributed by atoms with Gasteiger partial charge in [-0.25, -0.2) is 0 Å². The summed E-state index contributed by atoms with van der Waals surface area (Å²) in [6, 6.07) is 7.96. The summed E-state index contributed by atoms with van der Waals surface area (Å²) in [5, 5.41) is 11.0. The third-order valence-electron chi connectivity index (χ3n) is 6.05. The van der Waals surface area contributed by atoms with Crippen molar-refractivity contribution in [1.82, 2.24) is 9.80 Å². The van der Waals surface area contributed by atoms with E-state index >= 15 is 0 Å². The minimum atomic E-state index is -0.163. The number of aliphatic hydroxyl groups is 1. The summed E-state index contributed by atoms with van der Waals surface area (Å²) in [6.07, 6.45) is 3.13. The van der Waals surface area contributed by atoms with Gasteiger partial charge in [0.25, 0.3) is 0 Å². The maximum atomic E-state index is 12.4. The van der Waals surface area contributed by atoms with Gasteiger partial charge in [-0.05, 0) is 43.4 Å². The van der Waals surface area contributed by atoms with E-state index in [-0.39, 0.29) is 17.9 Å². The number of aliphatic hydroxyl groups excluding tert-OH is 1. The number of rotatable bonds is 4. The van der Waals surface area contributed by atoms with Crippen LogP contribution in [0.4, 0.5) is 0 Å². The van der Waals surface area contributed by atoms with Gasteiger partial charge in [0.2, 0.25) is 5.91 Å². The fourth-order valence-electron chi connectivity index (χ4n) is 4.46. The largest absolute Gasteiger partial charge is 0.396 e. The number of amides is 1. The lowest BCUT2D eigenvalue weighted by Crippen LogP contribution is -2.50. The number of hydrogen-bond donors (Lipinski definition) is 1. The highest BCUT2D eigenvalue weighted by Crippen LogP contribution is 2.44. The average Bonchev–Trinajstić information content (AvgIpc) is 3.36. The Hall–Kier alpha value is -1.10. The summed E-state index contributed by atoms with van der Waals surface area (Å²) in [7, 11) is 0. The molecule has 5 heteroatoms. The van der Waals surface area contributed by atoms with Gasteiger partial charge in [-0.2, -0.15) is 0 Å². The number of piperidine rings is 1. The first-order valence-electron chi connectivity index (χ1n) is 8.97. The fraction of sp³-hybridized carbons (Fsp3) is 0.632. The van der Waals surface area contributed by atoms with E-state index in [9.17, 15) is 9.90 Å². The van der Waals surface area contributed by atoms with Gasteiger partial charge in [0.15, 0.2) is 0 Å². The van der Waals surface area contributed by atoms with Crippen molar-refractivity contribution in [2.24, 2.45) is 17.3 Å². The molecule has 3 aliphatic rings. The van der Waals surface area contributed by atoms with Crippen molar-refractivity contribution in [2.45, 2.75) is 25.8 Å². The maximum absolute atomic E-state index is 12.4. The number of benzene rings is 1. The van der Waals surface area contributed by atoms with E-state index in [1.54, 1.807) is 0 Å². The summed E-state index contributed by atoms with van der Waals surface area (Å²) in [5.41, 5.74) is 0.971. The number of likely N-dealkylation sites (tertiary alicyclic amines) is 2. The first-order valence-corrected chi connectivity index (χ1v) is 9.34. The zero-order valence-corrected chi connectivity index (χ0v) is 14.7. The number of hydrogen-bond acceptors (Lipinski definition) is 3. The summed E-state index contributed by atoms with van der Waals surface area (Å²) in [5.74, 6) is 1.00. The van der Waals surface area contributed by atoms with Crippen LogP contribution in [0.25, 0.3) is 0 Å². The van der Waals surface area contributed by atoms with E-state index < -0.39 is 0 Å². The average molecular weight is 349 g/mol. The van der Waals surface area contributed by atoms with E-state index in [4.69, 9.17) is 11.6 Å². The van der Waals surface area contributed by atoms with Gasteiger partial charge >= 0.3 is 0 Å². The van der Waals surface area contributed by atoms with Gasteiger partial charge < -0.3 is 10.0 Å². The van der Waals surface area contributed by atoms with E-state index in [1.807, 2.05) is 23.1 Å². The Bertz CT molecular complexity index is 634. The van der Waals surface area contributed by atoms with Crippen LogP contribution in [-0.2, 0) is 11.3 Å². The molecule has 4 nitrogen and oxygen atoms in total. The molecule has 24 heavy (non-hydrogen) atoms. The predicted molar refractivity (Wildman–Crippen MR) is 93.7 cm³/mol. The highest BCUT2D eigenvalue weighted by Gasteiger charge is 2.51. The monoisotopic (exact) mass is 348 g/mol. The van der Waals surface area contributed by atoms with Crippen molar-refractivity contribution in [3.63, 3.8) is 0 Å². The molecule has 1 aromatic carbocycles. The molecule has 2 aliphatic heterocycles. The van der Waals surface area contributed by atoms with Crippen LogP contribution < -0.4 is 0 Å². The van der Waals surface area contributed by atoms with Crippen LogP contribution in [0.3, 0.4) is 0 Å². The second-order valence-electron chi connectivity index (χ2n) is 7.80. The Kier molecular flexibility index (Phi) is 4.31. The number of carbonyl (C=O) groups excluding carboxylic acids is 1. The standard InChI is InChI=1S/C19H25ClN2O2/c20-17-4-2-1-3-15(17)9-21-8-7-16-10-22(18(24)14-5-6-14)12-19(16,11-21)13-23/h1-4,14,16,23H,5-13H2. The molecule has 0 radical (unpaired) electrons. The summed E-state index contributed by atoms with van der Waals surface area (Å²) in [4.78, 5) is 16.9. The highest BCUT2D eigenvalue weighted by atomic mass is 35.5. The third kappa shape index (κ3) is 2.96. The quantitative estimate of drug-likeness (QED) is 0.908. The minimum absolute atomic E-state index is 0.158. The molecule has 2 heterocycles. The lowest BCUT2D eigenvalue weighted by atomic mass is 9.74. The number of fused-ring (bicyclic) bond motifs is 1. The zero-order valence-electron chi connectivity index (χ0n) is 14.0. The second kappa shape index (κ2) is 6.32. The maximum Gasteiger partial charge on any atom is 0.225 e. The molecule has 0 bridgehead atoms. The Labute approximate surface area is 148 Å². The van der Waals surface area contributed by atoms with Crippen molar-refractivity contribution >= 4 is 17.5 Å². The Morgan fingerprint density at radius 1 is 1.25 bits per heavy atom. The molecule has 1 N–H and O–H groups in total. The van der Waals surface area contributed by atoms with Crippen LogP contribution in [0.2, 0.25) is 5.02 Å². The zero-order chi connectivity index (χ0) is 16.7. The normalized spacial score (nSPS) is 30.4. The van der Waals surface area contributed by atoms with Crippen LogP contribution >= 0.6 is 11.6 Å². The van der Waals surface area contributed by atoms with Gasteiger partial charge in [-0.15, -0.1) is 0 Å². The molecule has 3 fully saturated rings. The highest BCUT2D eigenvalue weighted by molar-refractivity contribution is 6.31. The smallest absolute Gasteiger partial charge is 0.225 e. The molecule has 2 unspecified atom stereocenters. The molecule has 130 valence electrons. The van der Waals surface area contributed by atoms with Gasteiger partial charge in [-0.1, -0.05) is 29.8 Å². The lowest BCUT2D eigenvalue weighted by molar-refractivity contribution is -0.132. The first kappa shape index (κ1) is 16.4. The van der Waals surface area contributed by atoms with Crippen LogP contribution in [0.1, 0.15) is 24.8 Å². The van der Waals surface area contributed by atoms with Gasteiger partial charge in [0.05, 0.1) is 6.61 Å². The molecule has 1 aromatic rings. The number of nitrogens with zero attached hydrogens (tertiary/aromatic N) is 2. The summed E-state index contributed by atoms with van der Waals surface area (Å²) in [6.45, 7) is 4.35. The van der Waals surface area contributed by atoms with Crippen LogP contribution in [0.5, 0.6) is 0 Å². The molecule has 4 rings (SSSR count). The molecule has 1 aliphatic carbocycles. The second-order valence-corrected chi connectivity index (χ2v) is 8.21. The van der Waals surface area contributed by atoms with Gasteiger partial charge in [0.1, 0.15) is 0 Å². The van der Waals surface area contributed by atoms with Gasteiger partial charge in [-0.3, -0.25) is 9.69 Å². The summed E-state index contributed by atoms with van der Waals surface area (Å²) < 4.78 is 0. The molecular weight excluding hydrogens is 324 g/mol. The van der Waals surface area contributed by atoms with Crippen molar-refractivity contribution in [3.8, 4) is 0 Å². The van der Waals surface area contributed by atoms with E-state index in [2.05, 4.69) is 11.0 Å². The Morgan fingerprint density at radius 3 is 2.75 bits per heavy atom. The SMILES string of the molecule is O=C(C1CC1)N1CC2CCN(Cc3ccccc3Cl)CC2(CO)C1. The van der Waals surface area contributed by atoms with Crippen LogP contribution in [0.15, 0.2) is 24.3 Å². The van der Waals surface area contributed by atoms with Crippen molar-refractivity contribution in [1.29, 1.82) is 0 Å². The van der Waals surface area contributed by atoms with E-state index in [1.165, 1.54) is 0 Å². The molecule has 1 amide bonds. The van der Waals surface area contributed by atoms with Gasteiger partial charge in [0, 0.05) is 42.5 Å². The third-order valence-corrected chi connectivity index (χ3v) is 6.42. The number of halogens is 1. The van der Waals surface area contributed by atoms with Crippen molar-refractivity contribution in [3.05, 3.63) is 34.9 Å². The van der Waals surface area contributed by atoms with Crippen molar-refractivity contribution in [2.75, 3.05) is 32.8 Å². The summed E-state index contributed by atoms with van der Waals surface area (Å²) >= 11 is 6.30. The van der Waals surface area contributed by atoms with E-state index in [0.717, 1.165) is 56.0 Å². The molecule has 2 saturated heterocycles. The van der Waals surface area contributed by atoms with Crippen LogP contribution in [0, 0.1) is 17.3 Å². The minimum Gasteiger partial charge on any atom is -0.396 e. The first-order chi connectivity index (χ1) is 11.6. The molecule has 2 atom stereocenters. The lowest BCUT2D eigenvalue weighted by Gasteiger charge is -2.43. The topological polar surface area (TPSA) is 43.8 Å².